The molecule has 35 heavy (non-hydrogen) atoms. The molecule has 0 aliphatic rings. The molecule has 2 N–H and O–H groups in total. The van der Waals surface area contributed by atoms with Gasteiger partial charge in [-0.2, -0.15) is 10.4 Å². The zero-order chi connectivity index (χ0) is 24.8. The van der Waals surface area contributed by atoms with Crippen molar-refractivity contribution in [3.63, 3.8) is 0 Å². The van der Waals surface area contributed by atoms with Gasteiger partial charge in [0, 0.05) is 24.4 Å². The zero-order valence-corrected chi connectivity index (χ0v) is 19.0. The normalized spacial score (nSPS) is 10.6. The number of fused-ring (bicyclic) bond motifs is 1. The molecule has 0 saturated heterocycles. The molecule has 2 aromatic carbocycles. The summed E-state index contributed by atoms with van der Waals surface area (Å²) in [6.07, 6.45) is 2.46. The maximum absolute atomic E-state index is 13.4. The van der Waals surface area contributed by atoms with Gasteiger partial charge in [-0.15, -0.1) is 0 Å². The van der Waals surface area contributed by atoms with Crippen molar-refractivity contribution in [1.29, 1.82) is 5.26 Å². The Morgan fingerprint density at radius 2 is 1.97 bits per heavy atom. The molecule has 0 saturated carbocycles. The van der Waals surface area contributed by atoms with Crippen molar-refractivity contribution in [1.82, 2.24) is 9.61 Å². The van der Waals surface area contributed by atoms with Gasteiger partial charge in [-0.3, -0.25) is 5.32 Å². The van der Waals surface area contributed by atoms with Crippen molar-refractivity contribution in [2.24, 2.45) is 0 Å². The largest absolute Gasteiger partial charge is 0.457 e. The van der Waals surface area contributed by atoms with Crippen molar-refractivity contribution in [2.75, 3.05) is 31.0 Å². The van der Waals surface area contributed by atoms with Crippen molar-refractivity contribution in [3.8, 4) is 17.6 Å². The SMILES string of the molecule is COCCOC(=O)Nc1cn2ncc(C#N)c(Nc3ccc(Oc4cccc(F)c4)cc3)c2c1C. The van der Waals surface area contributed by atoms with E-state index < -0.39 is 6.09 Å². The summed E-state index contributed by atoms with van der Waals surface area (Å²) in [6, 6.07) is 15.0. The van der Waals surface area contributed by atoms with Crippen LogP contribution in [0.25, 0.3) is 5.52 Å². The highest BCUT2D eigenvalue weighted by atomic mass is 19.1. The number of rotatable bonds is 8. The lowest BCUT2D eigenvalue weighted by atomic mass is 10.1. The van der Waals surface area contributed by atoms with Crippen LogP contribution in [0.1, 0.15) is 11.1 Å². The van der Waals surface area contributed by atoms with Crippen LogP contribution in [-0.4, -0.2) is 36.0 Å². The molecule has 0 aliphatic heterocycles. The van der Waals surface area contributed by atoms with E-state index >= 15 is 0 Å². The molecule has 178 valence electrons. The van der Waals surface area contributed by atoms with E-state index in [9.17, 15) is 14.4 Å². The molecule has 0 fully saturated rings. The first kappa shape index (κ1) is 23.5. The first-order chi connectivity index (χ1) is 17.0. The standard InChI is InChI=1S/C25H22FN5O4/c1-16-22(30-25(32)34-11-10-33-2)15-31-24(16)23(17(13-27)14-28-31)29-19-6-8-20(9-7-19)35-21-5-3-4-18(26)12-21/h3-9,12,14-15,29H,10-11H2,1-2H3,(H,30,32). The number of benzene rings is 2. The molecule has 0 atom stereocenters. The van der Waals surface area contributed by atoms with Gasteiger partial charge in [0.25, 0.3) is 0 Å². The molecule has 9 nitrogen and oxygen atoms in total. The fourth-order valence-corrected chi connectivity index (χ4v) is 3.41. The molecule has 2 aromatic heterocycles. The number of ether oxygens (including phenoxy) is 3. The van der Waals surface area contributed by atoms with Gasteiger partial charge in [0.05, 0.1) is 41.5 Å². The molecule has 0 spiro atoms. The number of amides is 1. The van der Waals surface area contributed by atoms with Crippen LogP contribution in [-0.2, 0) is 9.47 Å². The van der Waals surface area contributed by atoms with Gasteiger partial charge in [-0.25, -0.2) is 13.7 Å². The number of hydrogen-bond acceptors (Lipinski definition) is 7. The first-order valence-corrected chi connectivity index (χ1v) is 10.6. The van der Waals surface area contributed by atoms with Crippen molar-refractivity contribution in [3.05, 3.63) is 77.9 Å². The van der Waals surface area contributed by atoms with Gasteiger partial charge in [-0.05, 0) is 43.3 Å². The maximum atomic E-state index is 13.4. The second-order valence-corrected chi connectivity index (χ2v) is 7.47. The molecule has 2 heterocycles. The van der Waals surface area contributed by atoms with E-state index in [1.807, 2.05) is 6.92 Å². The molecular weight excluding hydrogens is 453 g/mol. The molecule has 0 bridgehead atoms. The van der Waals surface area contributed by atoms with Gasteiger partial charge < -0.3 is 19.5 Å². The number of anilines is 3. The lowest BCUT2D eigenvalue weighted by molar-refractivity contribution is 0.107. The summed E-state index contributed by atoms with van der Waals surface area (Å²) in [5.74, 6) is 0.531. The molecule has 0 aliphatic carbocycles. The molecule has 4 rings (SSSR count). The zero-order valence-electron chi connectivity index (χ0n) is 19.0. The number of hydrogen-bond donors (Lipinski definition) is 2. The first-order valence-electron chi connectivity index (χ1n) is 10.6. The Hall–Kier alpha value is -4.62. The quantitative estimate of drug-likeness (QED) is 0.329. The topological polar surface area (TPSA) is 110 Å². The Kier molecular flexibility index (Phi) is 7.09. The van der Waals surface area contributed by atoms with Crippen molar-refractivity contribution < 1.29 is 23.4 Å². The molecule has 4 aromatic rings. The number of nitriles is 1. The fraction of sp³-hybridized carbons (Fsp3) is 0.160. The number of carbonyl (C=O) groups is 1. The molecule has 0 radical (unpaired) electrons. The number of carbonyl (C=O) groups excluding carboxylic acids is 1. The Balaban J connectivity index is 1.58. The molecule has 0 unspecified atom stereocenters. The summed E-state index contributed by atoms with van der Waals surface area (Å²) in [5, 5.41) is 19.9. The van der Waals surface area contributed by atoms with Crippen molar-refractivity contribution >= 4 is 28.7 Å². The van der Waals surface area contributed by atoms with Gasteiger partial charge in [0.15, 0.2) is 0 Å². The minimum absolute atomic E-state index is 0.122. The van der Waals surface area contributed by atoms with Crippen LogP contribution in [0.4, 0.5) is 26.2 Å². The van der Waals surface area contributed by atoms with Crippen LogP contribution in [0.5, 0.6) is 11.5 Å². The van der Waals surface area contributed by atoms with Crippen LogP contribution < -0.4 is 15.4 Å². The minimum Gasteiger partial charge on any atom is -0.457 e. The second-order valence-electron chi connectivity index (χ2n) is 7.47. The van der Waals surface area contributed by atoms with Crippen LogP contribution in [0.15, 0.2) is 60.9 Å². The van der Waals surface area contributed by atoms with Crippen LogP contribution in [0.2, 0.25) is 0 Å². The number of methoxy groups -OCH3 is 1. The van der Waals surface area contributed by atoms with E-state index in [1.165, 1.54) is 25.4 Å². The number of nitrogens with one attached hydrogen (secondary N) is 2. The highest BCUT2D eigenvalue weighted by Gasteiger charge is 2.17. The number of nitrogens with zero attached hydrogens (tertiary/aromatic N) is 3. The molecular formula is C25H22FN5O4. The lowest BCUT2D eigenvalue weighted by Gasteiger charge is -2.12. The summed E-state index contributed by atoms with van der Waals surface area (Å²) >= 11 is 0. The molecule has 1 amide bonds. The summed E-state index contributed by atoms with van der Waals surface area (Å²) in [6.45, 7) is 2.22. The summed E-state index contributed by atoms with van der Waals surface area (Å²) in [5.41, 5.74) is 3.36. The van der Waals surface area contributed by atoms with Gasteiger partial charge in [0.1, 0.15) is 30.0 Å². The lowest BCUT2D eigenvalue weighted by Crippen LogP contribution is -2.16. The van der Waals surface area contributed by atoms with Crippen LogP contribution in [0, 0.1) is 24.1 Å². The Bertz CT molecular complexity index is 1400. The highest BCUT2D eigenvalue weighted by Crippen LogP contribution is 2.33. The Morgan fingerprint density at radius 1 is 1.17 bits per heavy atom. The average molecular weight is 475 g/mol. The third-order valence-corrected chi connectivity index (χ3v) is 5.09. The Labute approximate surface area is 200 Å². The fourth-order valence-electron chi connectivity index (χ4n) is 3.41. The second kappa shape index (κ2) is 10.5. The van der Waals surface area contributed by atoms with Gasteiger partial charge >= 0.3 is 6.09 Å². The predicted octanol–water partition coefficient (Wildman–Crippen LogP) is 5.38. The van der Waals surface area contributed by atoms with Crippen LogP contribution in [0.3, 0.4) is 0 Å². The van der Waals surface area contributed by atoms with Gasteiger partial charge in [-0.1, -0.05) is 6.07 Å². The number of aryl methyl sites for hydroxylation is 1. The summed E-state index contributed by atoms with van der Waals surface area (Å²) in [7, 11) is 1.52. The van der Waals surface area contributed by atoms with E-state index in [2.05, 4.69) is 21.8 Å². The smallest absolute Gasteiger partial charge is 0.411 e. The summed E-state index contributed by atoms with van der Waals surface area (Å²) < 4.78 is 30.6. The van der Waals surface area contributed by atoms with E-state index in [1.54, 1.807) is 47.1 Å². The minimum atomic E-state index is -0.620. The third-order valence-electron chi connectivity index (χ3n) is 5.09. The van der Waals surface area contributed by atoms with Crippen molar-refractivity contribution in [2.45, 2.75) is 6.92 Å². The van der Waals surface area contributed by atoms with E-state index in [-0.39, 0.29) is 19.0 Å². The van der Waals surface area contributed by atoms with E-state index in [0.29, 0.717) is 45.2 Å². The maximum Gasteiger partial charge on any atom is 0.411 e. The van der Waals surface area contributed by atoms with Crippen LogP contribution >= 0.6 is 0 Å². The number of aromatic nitrogens is 2. The monoisotopic (exact) mass is 475 g/mol. The Morgan fingerprint density at radius 3 is 2.69 bits per heavy atom. The number of halogens is 1. The average Bonchev–Trinajstić information content (AvgIpc) is 3.16. The highest BCUT2D eigenvalue weighted by molar-refractivity contribution is 5.92. The molecule has 10 heteroatoms. The predicted molar refractivity (Wildman–Crippen MR) is 128 cm³/mol. The third kappa shape index (κ3) is 5.48. The van der Waals surface area contributed by atoms with E-state index in [0.717, 1.165) is 0 Å². The summed E-state index contributed by atoms with van der Waals surface area (Å²) in [4.78, 5) is 12.1. The van der Waals surface area contributed by atoms with Gasteiger partial charge in [0.2, 0.25) is 0 Å². The van der Waals surface area contributed by atoms with E-state index in [4.69, 9.17) is 14.2 Å².